The number of rotatable bonds is 1. The van der Waals surface area contributed by atoms with Crippen LogP contribution < -0.4 is 5.73 Å². The zero-order valence-electron chi connectivity index (χ0n) is 12.6. The molecule has 0 unspecified atom stereocenters. The van der Waals surface area contributed by atoms with E-state index in [-0.39, 0.29) is 0 Å². The molecular weight excluding hydrogens is 278 g/mol. The number of hydrogen-bond donors (Lipinski definition) is 1. The number of benzene rings is 1. The van der Waals surface area contributed by atoms with Gasteiger partial charge in [0.25, 0.3) is 0 Å². The van der Waals surface area contributed by atoms with Gasteiger partial charge in [0.1, 0.15) is 17.8 Å². The number of nitrogens with two attached hydrogens (primary N) is 1. The minimum atomic E-state index is 0.439. The summed E-state index contributed by atoms with van der Waals surface area (Å²) < 4.78 is 3.60. The Kier molecular flexibility index (Phi) is 2.47. The van der Waals surface area contributed by atoms with Gasteiger partial charge in [-0.25, -0.2) is 14.6 Å². The second-order valence-electron chi connectivity index (χ2n) is 5.37. The molecule has 0 bridgehead atoms. The van der Waals surface area contributed by atoms with Crippen LogP contribution >= 0.6 is 0 Å². The van der Waals surface area contributed by atoms with E-state index in [0.717, 1.165) is 38.9 Å². The van der Waals surface area contributed by atoms with E-state index >= 15 is 0 Å². The summed E-state index contributed by atoms with van der Waals surface area (Å²) in [4.78, 5) is 8.35. The lowest BCUT2D eigenvalue weighted by Crippen LogP contribution is -1.95. The van der Waals surface area contributed by atoms with Gasteiger partial charge in [-0.1, -0.05) is 12.1 Å². The first-order chi connectivity index (χ1) is 10.6. The Balaban J connectivity index is 2.05. The molecule has 0 saturated heterocycles. The summed E-state index contributed by atoms with van der Waals surface area (Å²) >= 11 is 0. The third-order valence-electron chi connectivity index (χ3n) is 3.96. The molecule has 1 aromatic carbocycles. The van der Waals surface area contributed by atoms with Crippen molar-refractivity contribution in [2.24, 2.45) is 14.1 Å². The van der Waals surface area contributed by atoms with Crippen molar-refractivity contribution in [3.63, 3.8) is 0 Å². The lowest BCUT2D eigenvalue weighted by Gasteiger charge is -2.01. The average Bonchev–Trinajstić information content (AvgIpc) is 2.98. The molecule has 0 saturated carbocycles. The lowest BCUT2D eigenvalue weighted by atomic mass is 10.1. The van der Waals surface area contributed by atoms with Gasteiger partial charge < -0.3 is 5.73 Å². The fraction of sp³-hybridized carbons (Fsp3) is 0.200. The van der Waals surface area contributed by atoms with Crippen LogP contribution in [0.1, 0.15) is 5.69 Å². The molecule has 0 amide bonds. The molecule has 22 heavy (non-hydrogen) atoms. The fourth-order valence-corrected chi connectivity index (χ4v) is 2.90. The molecule has 3 heterocycles. The molecule has 3 aromatic heterocycles. The van der Waals surface area contributed by atoms with E-state index < -0.39 is 0 Å². The number of nitrogen functional groups attached to an aromatic ring is 1. The van der Waals surface area contributed by atoms with Crippen LogP contribution in [0.5, 0.6) is 0 Å². The van der Waals surface area contributed by atoms with Gasteiger partial charge in [0.2, 0.25) is 0 Å². The molecule has 4 aromatic rings. The number of anilines is 1. The summed E-state index contributed by atoms with van der Waals surface area (Å²) in [6.45, 7) is 2.00. The molecule has 7 nitrogen and oxygen atoms in total. The first-order valence-corrected chi connectivity index (χ1v) is 6.93. The predicted molar refractivity (Wildman–Crippen MR) is 85.2 cm³/mol. The van der Waals surface area contributed by atoms with E-state index in [0.29, 0.717) is 5.82 Å². The Morgan fingerprint density at radius 3 is 2.68 bits per heavy atom. The molecule has 4 rings (SSSR count). The number of hydrogen-bond acceptors (Lipinski definition) is 5. The van der Waals surface area contributed by atoms with Gasteiger partial charge in [-0.15, -0.1) is 0 Å². The van der Waals surface area contributed by atoms with E-state index in [2.05, 4.69) is 32.3 Å². The lowest BCUT2D eigenvalue weighted by molar-refractivity contribution is 0.782. The van der Waals surface area contributed by atoms with Gasteiger partial charge in [-0.3, -0.25) is 4.68 Å². The number of aromatic nitrogens is 6. The molecule has 110 valence electrons. The number of nitrogens with zero attached hydrogens (tertiary/aromatic N) is 6. The Labute approximate surface area is 126 Å². The van der Waals surface area contributed by atoms with Gasteiger partial charge in [-0.2, -0.15) is 10.2 Å². The van der Waals surface area contributed by atoms with Crippen molar-refractivity contribution >= 4 is 27.8 Å². The molecule has 0 spiro atoms. The third-order valence-corrected chi connectivity index (χ3v) is 3.96. The largest absolute Gasteiger partial charge is 0.383 e. The molecule has 2 N–H and O–H groups in total. The van der Waals surface area contributed by atoms with Gasteiger partial charge in [0.15, 0.2) is 5.65 Å². The normalized spacial score (nSPS) is 11.6. The first-order valence-electron chi connectivity index (χ1n) is 6.93. The van der Waals surface area contributed by atoms with Crippen molar-refractivity contribution in [1.29, 1.82) is 0 Å². The summed E-state index contributed by atoms with van der Waals surface area (Å²) in [6, 6.07) is 6.17. The van der Waals surface area contributed by atoms with Crippen LogP contribution in [0.25, 0.3) is 33.2 Å². The van der Waals surface area contributed by atoms with Crippen LogP contribution in [-0.4, -0.2) is 29.5 Å². The number of fused-ring (bicyclic) bond motifs is 2. The van der Waals surface area contributed by atoms with Crippen LogP contribution in [0.2, 0.25) is 0 Å². The summed E-state index contributed by atoms with van der Waals surface area (Å²) in [5, 5.41) is 10.9. The Morgan fingerprint density at radius 1 is 1.05 bits per heavy atom. The Morgan fingerprint density at radius 2 is 1.86 bits per heavy atom. The van der Waals surface area contributed by atoms with Crippen LogP contribution in [0.4, 0.5) is 5.82 Å². The minimum absolute atomic E-state index is 0.439. The Bertz CT molecular complexity index is 1030. The van der Waals surface area contributed by atoms with Gasteiger partial charge in [0, 0.05) is 25.0 Å². The fourth-order valence-electron chi connectivity index (χ4n) is 2.90. The second-order valence-corrected chi connectivity index (χ2v) is 5.37. The Hall–Kier alpha value is -2.96. The molecule has 0 radical (unpaired) electrons. The smallest absolute Gasteiger partial charge is 0.163 e. The molecule has 7 heteroatoms. The molecule has 0 aliphatic rings. The maximum absolute atomic E-state index is 6.03. The third kappa shape index (κ3) is 1.62. The average molecular weight is 293 g/mol. The zero-order valence-corrected chi connectivity index (χ0v) is 12.6. The van der Waals surface area contributed by atoms with E-state index in [9.17, 15) is 0 Å². The number of aryl methyl sites for hydroxylation is 3. The van der Waals surface area contributed by atoms with Crippen LogP contribution in [0.3, 0.4) is 0 Å². The van der Waals surface area contributed by atoms with Crippen LogP contribution in [-0.2, 0) is 14.1 Å². The molecule has 0 atom stereocenters. The topological polar surface area (TPSA) is 87.4 Å². The molecule has 0 aliphatic heterocycles. The highest BCUT2D eigenvalue weighted by Gasteiger charge is 2.16. The summed E-state index contributed by atoms with van der Waals surface area (Å²) in [6.07, 6.45) is 1.46. The summed E-state index contributed by atoms with van der Waals surface area (Å²) in [7, 11) is 3.79. The van der Waals surface area contributed by atoms with Crippen molar-refractivity contribution in [2.45, 2.75) is 6.92 Å². The van der Waals surface area contributed by atoms with E-state index in [1.165, 1.54) is 6.33 Å². The zero-order chi connectivity index (χ0) is 15.4. The van der Waals surface area contributed by atoms with Crippen LogP contribution in [0.15, 0.2) is 24.5 Å². The first kappa shape index (κ1) is 12.8. The second kappa shape index (κ2) is 4.27. The predicted octanol–water partition coefficient (Wildman–Crippen LogP) is 1.81. The van der Waals surface area contributed by atoms with Gasteiger partial charge in [0.05, 0.1) is 16.6 Å². The highest BCUT2D eigenvalue weighted by Crippen LogP contribution is 2.31. The van der Waals surface area contributed by atoms with E-state index in [1.54, 1.807) is 4.68 Å². The highest BCUT2D eigenvalue weighted by molar-refractivity contribution is 5.99. The van der Waals surface area contributed by atoms with Crippen molar-refractivity contribution in [2.75, 3.05) is 5.73 Å². The van der Waals surface area contributed by atoms with Gasteiger partial charge in [-0.05, 0) is 13.0 Å². The quantitative estimate of drug-likeness (QED) is 0.578. The minimum Gasteiger partial charge on any atom is -0.383 e. The van der Waals surface area contributed by atoms with Crippen molar-refractivity contribution in [3.05, 3.63) is 30.2 Å². The van der Waals surface area contributed by atoms with Crippen LogP contribution in [0, 0.1) is 6.92 Å². The van der Waals surface area contributed by atoms with Crippen molar-refractivity contribution in [3.8, 4) is 11.3 Å². The van der Waals surface area contributed by atoms with Gasteiger partial charge >= 0.3 is 0 Å². The molecule has 0 aliphatic carbocycles. The maximum atomic E-state index is 6.03. The van der Waals surface area contributed by atoms with E-state index in [4.69, 9.17) is 5.73 Å². The summed E-state index contributed by atoms with van der Waals surface area (Å²) in [5.74, 6) is 0.439. The molecule has 0 fully saturated rings. The van der Waals surface area contributed by atoms with Crippen molar-refractivity contribution < 1.29 is 0 Å². The maximum Gasteiger partial charge on any atom is 0.163 e. The molecular formula is C15H15N7. The SMILES string of the molecule is Cc1nn(C)c2cc(-c3nn(C)c4ncnc(N)c34)ccc12. The standard InChI is InChI=1S/C15H15N7/c1-8-10-5-4-9(6-11(10)21(2)19-8)13-12-14(16)17-7-18-15(12)22(3)20-13/h4-7H,1-3H3,(H2,16,17,18). The van der Waals surface area contributed by atoms with E-state index in [1.807, 2.05) is 31.8 Å². The summed E-state index contributed by atoms with van der Waals surface area (Å²) in [5.41, 5.74) is 10.6. The highest BCUT2D eigenvalue weighted by atomic mass is 15.3. The van der Waals surface area contributed by atoms with Crippen molar-refractivity contribution in [1.82, 2.24) is 29.5 Å². The monoisotopic (exact) mass is 293 g/mol.